The molecular formula is C22H31N3O9. The molecule has 2 N–H and O–H groups in total. The second kappa shape index (κ2) is 11.0. The van der Waals surface area contributed by atoms with Gasteiger partial charge >= 0.3 is 24.1 Å². The Morgan fingerprint density at radius 2 is 2.03 bits per heavy atom. The molecule has 0 aromatic carbocycles. The third kappa shape index (κ3) is 6.49. The van der Waals surface area contributed by atoms with Gasteiger partial charge in [0.25, 0.3) is 0 Å². The molecule has 1 aliphatic heterocycles. The third-order valence-corrected chi connectivity index (χ3v) is 4.88. The van der Waals surface area contributed by atoms with Gasteiger partial charge in [-0.1, -0.05) is 17.8 Å². The van der Waals surface area contributed by atoms with Gasteiger partial charge in [0.1, 0.15) is 23.7 Å². The topological polar surface area (TPSA) is 157 Å². The lowest BCUT2D eigenvalue weighted by molar-refractivity contribution is -0.162. The van der Waals surface area contributed by atoms with Gasteiger partial charge in [0.2, 0.25) is 5.54 Å². The van der Waals surface area contributed by atoms with Crippen molar-refractivity contribution in [3.05, 3.63) is 30.2 Å². The molecule has 2 rings (SSSR count). The van der Waals surface area contributed by atoms with Crippen molar-refractivity contribution in [2.75, 3.05) is 19.8 Å². The van der Waals surface area contributed by atoms with Gasteiger partial charge in [-0.3, -0.25) is 10.2 Å². The third-order valence-electron chi connectivity index (χ3n) is 4.88. The molecule has 1 aliphatic rings. The number of esters is 1. The summed E-state index contributed by atoms with van der Waals surface area (Å²) in [5, 5.41) is 15.9. The number of aromatic nitrogens is 1. The van der Waals surface area contributed by atoms with E-state index in [1.54, 1.807) is 20.8 Å². The summed E-state index contributed by atoms with van der Waals surface area (Å²) in [6, 6.07) is 1.00. The lowest BCUT2D eigenvalue weighted by Gasteiger charge is -2.27. The number of hydrogen-bond donors (Lipinski definition) is 2. The Hall–Kier alpha value is -3.57. The molecule has 1 aromatic heterocycles. The van der Waals surface area contributed by atoms with Crippen LogP contribution in [0.3, 0.4) is 0 Å². The Morgan fingerprint density at radius 1 is 1.32 bits per heavy atom. The van der Waals surface area contributed by atoms with Gasteiger partial charge in [0, 0.05) is 12.6 Å². The number of alkyl carbamates (subject to hydrolysis) is 1. The smallest absolute Gasteiger partial charge is 0.410 e. The molecule has 34 heavy (non-hydrogen) atoms. The molecular weight excluding hydrogens is 450 g/mol. The van der Waals surface area contributed by atoms with Crippen molar-refractivity contribution < 1.29 is 43.0 Å². The van der Waals surface area contributed by atoms with Crippen molar-refractivity contribution >= 4 is 24.1 Å². The highest BCUT2D eigenvalue weighted by Gasteiger charge is 2.51. The van der Waals surface area contributed by atoms with E-state index in [0.717, 1.165) is 0 Å². The lowest BCUT2D eigenvalue weighted by Crippen LogP contribution is -2.62. The van der Waals surface area contributed by atoms with Gasteiger partial charge in [-0.2, -0.15) is 0 Å². The van der Waals surface area contributed by atoms with E-state index in [1.165, 1.54) is 24.0 Å². The van der Waals surface area contributed by atoms with Gasteiger partial charge in [0.15, 0.2) is 0 Å². The van der Waals surface area contributed by atoms with E-state index in [1.807, 2.05) is 0 Å². The first kappa shape index (κ1) is 26.7. The second-order valence-electron chi connectivity index (χ2n) is 8.67. The van der Waals surface area contributed by atoms with Crippen LogP contribution in [0.25, 0.3) is 0 Å². The number of carboxylic acids is 1. The fraction of sp³-hybridized carbons (Fsp3) is 0.591. The van der Waals surface area contributed by atoms with Crippen molar-refractivity contribution in [3.63, 3.8) is 0 Å². The summed E-state index contributed by atoms with van der Waals surface area (Å²) in [6.07, 6.45) is 0.341. The van der Waals surface area contributed by atoms with E-state index in [2.05, 4.69) is 17.1 Å². The van der Waals surface area contributed by atoms with E-state index in [-0.39, 0.29) is 19.0 Å². The largest absolute Gasteiger partial charge is 0.479 e. The molecule has 0 bridgehead atoms. The van der Waals surface area contributed by atoms with Gasteiger partial charge in [-0.25, -0.2) is 19.2 Å². The first-order valence-corrected chi connectivity index (χ1v) is 10.8. The van der Waals surface area contributed by atoms with Crippen molar-refractivity contribution in [1.29, 1.82) is 0 Å². The van der Waals surface area contributed by atoms with Crippen LogP contribution in [-0.2, 0) is 30.2 Å². The number of hydrogen-bond acceptors (Lipinski definition) is 9. The summed E-state index contributed by atoms with van der Waals surface area (Å²) < 4.78 is 20.4. The van der Waals surface area contributed by atoms with E-state index in [9.17, 15) is 24.3 Å². The number of carbonyl (C=O) groups excluding carboxylic acids is 3. The minimum absolute atomic E-state index is 0.00878. The van der Waals surface area contributed by atoms with E-state index < -0.39 is 47.7 Å². The fourth-order valence-corrected chi connectivity index (χ4v) is 3.43. The Labute approximate surface area is 197 Å². The van der Waals surface area contributed by atoms with Gasteiger partial charge in [-0.15, -0.1) is 0 Å². The number of carbonyl (C=O) groups is 4. The van der Waals surface area contributed by atoms with Crippen LogP contribution in [0.1, 0.15) is 58.0 Å². The fourth-order valence-electron chi connectivity index (χ4n) is 3.43. The molecule has 2 amide bonds. The Balaban J connectivity index is 2.29. The highest BCUT2D eigenvalue weighted by Crippen LogP contribution is 2.33. The molecule has 12 heteroatoms. The number of rotatable bonds is 9. The van der Waals surface area contributed by atoms with Crippen LogP contribution in [0.2, 0.25) is 0 Å². The molecule has 0 saturated carbocycles. The lowest BCUT2D eigenvalue weighted by atomic mass is 9.93. The number of nitrogens with one attached hydrogen (secondary N) is 1. The zero-order valence-electron chi connectivity index (χ0n) is 19.8. The van der Waals surface area contributed by atoms with E-state index in [4.69, 9.17) is 18.7 Å². The zero-order valence-corrected chi connectivity index (χ0v) is 19.8. The molecule has 2 atom stereocenters. The average molecular weight is 482 g/mol. The standard InChI is InChI=1S/C22H31N3O9/c1-6-11-32-19(29)23-22(17(26)27,18(28)31-7-2)13-14-12-15(24-34-14)16-9-8-10-25(16)20(30)33-21(3,4)5/h6,12,16H,1,7-11,13H2,2-5H3,(H,23,29)(H,26,27). The maximum atomic E-state index is 12.6. The molecule has 1 fully saturated rings. The van der Waals surface area contributed by atoms with Crippen LogP contribution in [0.4, 0.5) is 9.59 Å². The molecule has 188 valence electrons. The van der Waals surface area contributed by atoms with Crippen LogP contribution in [0.5, 0.6) is 0 Å². The molecule has 12 nitrogen and oxygen atoms in total. The summed E-state index contributed by atoms with van der Waals surface area (Å²) in [5.41, 5.74) is -2.83. The predicted molar refractivity (Wildman–Crippen MR) is 117 cm³/mol. The highest BCUT2D eigenvalue weighted by atomic mass is 16.6. The molecule has 0 radical (unpaired) electrons. The SMILES string of the molecule is C=CCOC(=O)NC(Cc1cc(C2CCCN2C(=O)OC(C)(C)C)no1)(C(=O)O)C(=O)OCC. The maximum absolute atomic E-state index is 12.6. The molecule has 2 heterocycles. The number of likely N-dealkylation sites (tertiary alicyclic amines) is 1. The number of aliphatic carboxylic acids is 1. The maximum Gasteiger partial charge on any atom is 0.410 e. The molecule has 2 unspecified atom stereocenters. The summed E-state index contributed by atoms with van der Waals surface area (Å²) in [7, 11) is 0. The van der Waals surface area contributed by atoms with Crippen molar-refractivity contribution in [2.24, 2.45) is 0 Å². The van der Waals surface area contributed by atoms with E-state index >= 15 is 0 Å². The van der Waals surface area contributed by atoms with Gasteiger partial charge < -0.3 is 23.8 Å². The van der Waals surface area contributed by atoms with Crippen LogP contribution in [0.15, 0.2) is 23.2 Å². The summed E-state index contributed by atoms with van der Waals surface area (Å²) in [4.78, 5) is 51.0. The molecule has 1 saturated heterocycles. The summed E-state index contributed by atoms with van der Waals surface area (Å²) in [5.74, 6) is -2.88. The van der Waals surface area contributed by atoms with Crippen molar-refractivity contribution in [2.45, 2.75) is 64.1 Å². The second-order valence-corrected chi connectivity index (χ2v) is 8.67. The summed E-state index contributed by atoms with van der Waals surface area (Å²) in [6.45, 7) is 10.3. The first-order valence-electron chi connectivity index (χ1n) is 10.8. The molecule has 1 aromatic rings. The monoisotopic (exact) mass is 481 g/mol. The van der Waals surface area contributed by atoms with Crippen LogP contribution in [0, 0.1) is 0 Å². The van der Waals surface area contributed by atoms with E-state index in [0.29, 0.717) is 25.1 Å². The molecule has 0 aliphatic carbocycles. The van der Waals surface area contributed by atoms with Crippen molar-refractivity contribution in [1.82, 2.24) is 15.4 Å². The first-order chi connectivity index (χ1) is 15.9. The predicted octanol–water partition coefficient (Wildman–Crippen LogP) is 2.59. The van der Waals surface area contributed by atoms with Crippen LogP contribution >= 0.6 is 0 Å². The van der Waals surface area contributed by atoms with Crippen LogP contribution < -0.4 is 5.32 Å². The van der Waals surface area contributed by atoms with Gasteiger partial charge in [0.05, 0.1) is 19.1 Å². The average Bonchev–Trinajstić information content (AvgIpc) is 3.39. The quantitative estimate of drug-likeness (QED) is 0.232. The Bertz CT molecular complexity index is 921. The molecule has 0 spiro atoms. The zero-order chi connectivity index (χ0) is 25.5. The summed E-state index contributed by atoms with van der Waals surface area (Å²) >= 11 is 0. The number of amides is 2. The van der Waals surface area contributed by atoms with Gasteiger partial charge in [-0.05, 0) is 40.5 Å². The van der Waals surface area contributed by atoms with Crippen molar-refractivity contribution in [3.8, 4) is 0 Å². The minimum atomic E-state index is -2.52. The Morgan fingerprint density at radius 3 is 2.62 bits per heavy atom. The number of carboxylic acid groups (broad SMARTS) is 1. The number of ether oxygens (including phenoxy) is 3. The minimum Gasteiger partial charge on any atom is -0.479 e. The number of nitrogens with zero attached hydrogens (tertiary/aromatic N) is 2. The Kier molecular flexibility index (Phi) is 8.66. The highest BCUT2D eigenvalue weighted by molar-refractivity contribution is 6.06. The van der Waals surface area contributed by atoms with Crippen LogP contribution in [-0.4, -0.2) is 70.2 Å². The normalized spacial score (nSPS) is 17.4.